The number of aliphatic hydroxyl groups excluding tert-OH is 1. The molecule has 236 valence electrons. The van der Waals surface area contributed by atoms with E-state index in [0.717, 1.165) is 23.5 Å². The van der Waals surface area contributed by atoms with Crippen LogP contribution in [0.15, 0.2) is 18.5 Å². The number of carbonyl (C=O) groups excluding carboxylic acids is 2. The molecule has 4 N–H and O–H groups in total. The molecule has 0 spiro atoms. The first-order valence-corrected chi connectivity index (χ1v) is 16.8. The lowest BCUT2D eigenvalue weighted by atomic mass is 9.90. The van der Waals surface area contributed by atoms with Crippen LogP contribution in [0.2, 0.25) is 0 Å². The fraction of sp³-hybridized carbons (Fsp3) is 0.654. The maximum atomic E-state index is 13.7. The predicted octanol–water partition coefficient (Wildman–Crippen LogP) is 2.67. The van der Waals surface area contributed by atoms with Gasteiger partial charge in [0.05, 0.1) is 18.9 Å². The molecule has 1 aliphatic carbocycles. The molecule has 2 fully saturated rings. The maximum Gasteiger partial charge on any atom is 0.475 e. The number of thioether (sulfide) groups is 2. The monoisotopic (exact) mass is 657 g/mol. The molecule has 2 aromatic heterocycles. The van der Waals surface area contributed by atoms with Crippen LogP contribution in [0.5, 0.6) is 0 Å². The van der Waals surface area contributed by atoms with E-state index in [2.05, 4.69) is 10.1 Å². The zero-order valence-corrected chi connectivity index (χ0v) is 27.2. The standard InChI is InChI=1S/C26H36N5O9PS2/c1-23(2,3)21(33)42-11-9-37-41(36,38-10-12-43-22(34)24(4,5)6)40-18-17-26(18,35)20(32)25(13-27,39-17)16-8-7-15-19(28)29-14-30-31(15)16/h7-8,14,17-18,20,32,35H,9-12H2,1-6H3,(H2,28,29,30)/t17-,18?,20+,25+,26+/m1/s1. The number of aromatic nitrogens is 3. The van der Waals surface area contributed by atoms with Gasteiger partial charge >= 0.3 is 7.82 Å². The first-order valence-electron chi connectivity index (χ1n) is 13.4. The lowest BCUT2D eigenvalue weighted by molar-refractivity contribution is -0.118. The third kappa shape index (κ3) is 6.51. The van der Waals surface area contributed by atoms with Gasteiger partial charge in [-0.3, -0.25) is 23.2 Å². The minimum absolute atomic E-state index is 0.0924. The van der Waals surface area contributed by atoms with Gasteiger partial charge in [0.25, 0.3) is 0 Å². The van der Waals surface area contributed by atoms with Crippen molar-refractivity contribution in [1.29, 1.82) is 5.26 Å². The van der Waals surface area contributed by atoms with Gasteiger partial charge in [-0.2, -0.15) is 10.4 Å². The lowest BCUT2D eigenvalue weighted by Gasteiger charge is -2.30. The summed E-state index contributed by atoms with van der Waals surface area (Å²) in [6.07, 6.45) is -3.34. The Labute approximate surface area is 257 Å². The van der Waals surface area contributed by atoms with E-state index in [1.54, 1.807) is 47.6 Å². The van der Waals surface area contributed by atoms with Crippen LogP contribution in [0, 0.1) is 22.2 Å². The highest BCUT2D eigenvalue weighted by atomic mass is 32.2. The van der Waals surface area contributed by atoms with Gasteiger partial charge in [0.1, 0.15) is 36.2 Å². The molecule has 1 unspecified atom stereocenters. The molecule has 0 aromatic carbocycles. The number of nitrogens with zero attached hydrogens (tertiary/aromatic N) is 4. The smallest absolute Gasteiger partial charge is 0.385 e. The Morgan fingerprint density at radius 3 is 2.16 bits per heavy atom. The number of nitrogen functional groups attached to an aromatic ring is 1. The highest BCUT2D eigenvalue weighted by molar-refractivity contribution is 8.14. The molecule has 14 nitrogen and oxygen atoms in total. The van der Waals surface area contributed by atoms with Gasteiger partial charge in [-0.05, 0) is 12.1 Å². The van der Waals surface area contributed by atoms with Crippen LogP contribution in [-0.2, 0) is 38.1 Å². The maximum absolute atomic E-state index is 13.7. The number of rotatable bonds is 11. The molecule has 3 heterocycles. The molecule has 0 amide bonds. The van der Waals surface area contributed by atoms with Crippen LogP contribution in [0.1, 0.15) is 47.2 Å². The second kappa shape index (κ2) is 12.0. The van der Waals surface area contributed by atoms with Crippen molar-refractivity contribution in [3.05, 3.63) is 24.2 Å². The van der Waals surface area contributed by atoms with Gasteiger partial charge in [0.2, 0.25) is 5.60 Å². The zero-order valence-electron chi connectivity index (χ0n) is 24.7. The Kier molecular flexibility index (Phi) is 9.47. The number of nitrogens with two attached hydrogens (primary N) is 1. The molecular formula is C26H36N5O9PS2. The summed E-state index contributed by atoms with van der Waals surface area (Å²) >= 11 is 1.99. The van der Waals surface area contributed by atoms with Crippen LogP contribution in [0.25, 0.3) is 5.52 Å². The Morgan fingerprint density at radius 2 is 1.70 bits per heavy atom. The summed E-state index contributed by atoms with van der Waals surface area (Å²) in [6, 6.07) is 4.95. The normalized spacial score (nSPS) is 27.2. The van der Waals surface area contributed by atoms with Gasteiger partial charge in [0.15, 0.2) is 21.6 Å². The summed E-state index contributed by atoms with van der Waals surface area (Å²) in [4.78, 5) is 28.4. The summed E-state index contributed by atoms with van der Waals surface area (Å²) < 4.78 is 37.5. The average Bonchev–Trinajstić information content (AvgIpc) is 3.18. The van der Waals surface area contributed by atoms with Crippen molar-refractivity contribution in [2.24, 2.45) is 10.8 Å². The van der Waals surface area contributed by atoms with Crippen molar-refractivity contribution >= 4 is 52.9 Å². The number of hydrogen-bond donors (Lipinski definition) is 3. The van der Waals surface area contributed by atoms with E-state index in [4.69, 9.17) is 24.0 Å². The molecule has 17 heteroatoms. The topological polar surface area (TPSA) is 209 Å². The highest BCUT2D eigenvalue weighted by Gasteiger charge is 2.83. The van der Waals surface area contributed by atoms with Crippen molar-refractivity contribution in [2.45, 2.75) is 71.1 Å². The van der Waals surface area contributed by atoms with Crippen LogP contribution in [0.3, 0.4) is 0 Å². The predicted molar refractivity (Wildman–Crippen MR) is 159 cm³/mol. The molecule has 0 bridgehead atoms. The van der Waals surface area contributed by atoms with Crippen molar-refractivity contribution in [2.75, 3.05) is 30.5 Å². The highest BCUT2D eigenvalue weighted by Crippen LogP contribution is 2.64. The van der Waals surface area contributed by atoms with Crippen LogP contribution in [0.4, 0.5) is 5.82 Å². The van der Waals surface area contributed by atoms with Crippen molar-refractivity contribution in [1.82, 2.24) is 14.6 Å². The number of ether oxygens (including phenoxy) is 1. The van der Waals surface area contributed by atoms with Gasteiger partial charge < -0.3 is 20.7 Å². The number of nitriles is 1. The average molecular weight is 658 g/mol. The van der Waals surface area contributed by atoms with Gasteiger partial charge in [-0.1, -0.05) is 65.1 Å². The summed E-state index contributed by atoms with van der Waals surface area (Å²) in [6.45, 7) is 10.2. The summed E-state index contributed by atoms with van der Waals surface area (Å²) in [5.41, 5.74) is 0.970. The van der Waals surface area contributed by atoms with Crippen molar-refractivity contribution < 1.29 is 42.7 Å². The third-order valence-corrected chi connectivity index (χ3v) is 10.8. The van der Waals surface area contributed by atoms with E-state index in [1.165, 1.54) is 16.9 Å². The number of phosphoric ester groups is 1. The third-order valence-electron chi connectivity index (χ3n) is 6.84. The first-order chi connectivity index (χ1) is 19.9. The Balaban J connectivity index is 1.47. The quantitative estimate of drug-likeness (QED) is 0.234. The minimum atomic E-state index is -4.42. The van der Waals surface area contributed by atoms with E-state index in [-0.39, 0.29) is 46.5 Å². The fourth-order valence-corrected chi connectivity index (χ4v) is 7.55. The van der Waals surface area contributed by atoms with E-state index < -0.39 is 48.2 Å². The second-order valence-electron chi connectivity index (χ2n) is 12.2. The number of anilines is 1. The Bertz CT molecular complexity index is 1450. The van der Waals surface area contributed by atoms with Gasteiger partial charge in [0, 0.05) is 22.3 Å². The molecule has 43 heavy (non-hydrogen) atoms. The SMILES string of the molecule is CC(C)(C)C(=O)SCCOP(=O)(OCCSC(=O)C(C)(C)C)OC1[C@H]2O[C@@](C#N)(c3ccc4c(N)ncnn34)[C@H](O)[C@@]12O. The van der Waals surface area contributed by atoms with E-state index in [9.17, 15) is 29.6 Å². The van der Waals surface area contributed by atoms with E-state index in [1.807, 2.05) is 6.07 Å². The van der Waals surface area contributed by atoms with E-state index in [0.29, 0.717) is 5.52 Å². The summed E-state index contributed by atoms with van der Waals surface area (Å²) in [5.74, 6) is 0.420. The fourth-order valence-electron chi connectivity index (χ4n) is 4.34. The molecule has 2 aromatic rings. The number of fused-ring (bicyclic) bond motifs is 2. The zero-order chi connectivity index (χ0) is 32.0. The lowest BCUT2D eigenvalue weighted by Crippen LogP contribution is -2.47. The van der Waals surface area contributed by atoms with Crippen LogP contribution >= 0.6 is 31.3 Å². The van der Waals surface area contributed by atoms with E-state index >= 15 is 0 Å². The molecule has 5 atom stereocenters. The van der Waals surface area contributed by atoms with Crippen LogP contribution < -0.4 is 5.73 Å². The minimum Gasteiger partial charge on any atom is -0.385 e. The van der Waals surface area contributed by atoms with Crippen LogP contribution in [-0.4, -0.2) is 83.7 Å². The Hall–Kier alpha value is -2.06. The second-order valence-corrected chi connectivity index (χ2v) is 16.0. The van der Waals surface area contributed by atoms with Crippen molar-refractivity contribution in [3.8, 4) is 6.07 Å². The number of carbonyl (C=O) groups is 2. The molecular weight excluding hydrogens is 621 g/mol. The van der Waals surface area contributed by atoms with Gasteiger partial charge in [-0.15, -0.1) is 0 Å². The molecule has 1 saturated carbocycles. The van der Waals surface area contributed by atoms with Crippen molar-refractivity contribution in [3.63, 3.8) is 0 Å². The number of hydrogen-bond acceptors (Lipinski definition) is 15. The number of aliphatic hydroxyl groups is 2. The Morgan fingerprint density at radius 1 is 1.14 bits per heavy atom. The van der Waals surface area contributed by atoms with Gasteiger partial charge in [-0.25, -0.2) is 14.1 Å². The largest absolute Gasteiger partial charge is 0.475 e. The molecule has 4 rings (SSSR count). The first kappa shape index (κ1) is 33.8. The molecule has 1 saturated heterocycles. The summed E-state index contributed by atoms with van der Waals surface area (Å²) in [7, 11) is -4.42. The molecule has 1 aliphatic heterocycles. The number of phosphoric acid groups is 1. The molecule has 0 radical (unpaired) electrons. The summed E-state index contributed by atoms with van der Waals surface area (Å²) in [5, 5.41) is 36.6. The molecule has 2 aliphatic rings.